The molecule has 2 aromatic carbocycles. The lowest BCUT2D eigenvalue weighted by Crippen LogP contribution is -2.41. The Hall–Kier alpha value is -3.05. The van der Waals surface area contributed by atoms with E-state index in [1.54, 1.807) is 12.3 Å². The van der Waals surface area contributed by atoms with E-state index in [2.05, 4.69) is 9.97 Å². The van der Waals surface area contributed by atoms with Crippen LogP contribution in [0.4, 0.5) is 10.1 Å². The molecule has 0 fully saturated rings. The Morgan fingerprint density at radius 3 is 2.81 bits per heavy atom. The predicted molar refractivity (Wildman–Crippen MR) is 105 cm³/mol. The first kappa shape index (κ1) is 17.4. The van der Waals surface area contributed by atoms with Crippen molar-refractivity contribution in [2.24, 2.45) is 4.99 Å². The van der Waals surface area contributed by atoms with Crippen molar-refractivity contribution >= 4 is 29.6 Å². The van der Waals surface area contributed by atoms with E-state index >= 15 is 0 Å². The van der Waals surface area contributed by atoms with Crippen LogP contribution in [0.2, 0.25) is 5.02 Å². The smallest absolute Gasteiger partial charge is 0.151 e. The Bertz CT molecular complexity index is 1140. The molecule has 4 rings (SSSR count). The summed E-state index contributed by atoms with van der Waals surface area (Å²) in [6.07, 6.45) is 6.95. The molecule has 0 amide bonds. The molecule has 1 aliphatic rings. The van der Waals surface area contributed by atoms with Gasteiger partial charge in [0.25, 0.3) is 0 Å². The van der Waals surface area contributed by atoms with Gasteiger partial charge in [0.05, 0.1) is 16.1 Å². The van der Waals surface area contributed by atoms with Crippen molar-refractivity contribution in [2.45, 2.75) is 13.1 Å². The maximum absolute atomic E-state index is 13.7. The number of fused-ring (bicyclic) bond motifs is 1. The van der Waals surface area contributed by atoms with Crippen molar-refractivity contribution < 1.29 is 4.39 Å². The lowest BCUT2D eigenvalue weighted by Gasteiger charge is -2.28. The highest BCUT2D eigenvalue weighted by molar-refractivity contribution is 6.33. The number of para-hydroxylation sites is 1. The summed E-state index contributed by atoms with van der Waals surface area (Å²) in [5, 5.41) is 2.01. The number of aryl methyl sites for hydroxylation is 1. The Morgan fingerprint density at radius 2 is 2.00 bits per heavy atom. The second kappa shape index (κ2) is 7.29. The molecule has 6 heteroatoms. The van der Waals surface area contributed by atoms with E-state index in [0.717, 1.165) is 16.7 Å². The summed E-state index contributed by atoms with van der Waals surface area (Å²) in [6.45, 7) is 1.92. The quantitative estimate of drug-likeness (QED) is 0.700. The van der Waals surface area contributed by atoms with Crippen LogP contribution < -0.4 is 15.5 Å². The maximum atomic E-state index is 13.7. The van der Waals surface area contributed by atoms with Crippen molar-refractivity contribution in [2.75, 3.05) is 4.90 Å². The van der Waals surface area contributed by atoms with Gasteiger partial charge in [-0.05, 0) is 55.5 Å². The molecular formula is C21H16ClFN4. The summed E-state index contributed by atoms with van der Waals surface area (Å²) >= 11 is 6.39. The summed E-state index contributed by atoms with van der Waals surface area (Å²) < 4.78 is 13.7. The monoisotopic (exact) mass is 378 g/mol. The zero-order chi connectivity index (χ0) is 18.8. The molecule has 0 bridgehead atoms. The van der Waals surface area contributed by atoms with Gasteiger partial charge in [0.2, 0.25) is 0 Å². The third kappa shape index (κ3) is 3.73. The second-order valence-electron chi connectivity index (χ2n) is 6.15. The third-order valence-electron chi connectivity index (χ3n) is 4.19. The fourth-order valence-corrected chi connectivity index (χ4v) is 3.14. The number of aromatic nitrogens is 2. The lowest BCUT2D eigenvalue weighted by molar-refractivity contribution is 0.624. The molecule has 0 radical (unpaired) electrons. The summed E-state index contributed by atoms with van der Waals surface area (Å²) in [5.74, 6) is 0.302. The maximum Gasteiger partial charge on any atom is 0.151 e. The van der Waals surface area contributed by atoms with Crippen LogP contribution in [0.5, 0.6) is 0 Å². The minimum absolute atomic E-state index is 0.304. The van der Waals surface area contributed by atoms with E-state index < -0.39 is 0 Å². The van der Waals surface area contributed by atoms with Gasteiger partial charge in [-0.3, -0.25) is 4.99 Å². The molecule has 1 unspecified atom stereocenters. The van der Waals surface area contributed by atoms with Crippen LogP contribution in [-0.2, 0) is 0 Å². The molecule has 134 valence electrons. The summed E-state index contributed by atoms with van der Waals surface area (Å²) in [5.41, 5.74) is 1.68. The van der Waals surface area contributed by atoms with Crippen LogP contribution in [0.1, 0.15) is 11.5 Å². The molecule has 1 atom stereocenters. The van der Waals surface area contributed by atoms with Crippen LogP contribution in [0, 0.1) is 12.7 Å². The molecule has 2 heterocycles. The van der Waals surface area contributed by atoms with Crippen molar-refractivity contribution in [1.82, 2.24) is 9.97 Å². The summed E-state index contributed by atoms with van der Waals surface area (Å²) in [7, 11) is 0. The van der Waals surface area contributed by atoms with Crippen LogP contribution in [-0.4, -0.2) is 16.1 Å². The average molecular weight is 379 g/mol. The number of halogens is 2. The molecular weight excluding hydrogens is 363 g/mol. The molecule has 1 aromatic heterocycles. The fourth-order valence-electron chi connectivity index (χ4n) is 2.91. The van der Waals surface area contributed by atoms with Gasteiger partial charge in [0.15, 0.2) is 5.82 Å². The minimum atomic E-state index is -0.355. The predicted octanol–water partition coefficient (Wildman–Crippen LogP) is 3.49. The van der Waals surface area contributed by atoms with E-state index in [1.165, 1.54) is 12.1 Å². The topological polar surface area (TPSA) is 41.4 Å². The number of nitrogens with zero attached hydrogens (tertiary/aromatic N) is 4. The van der Waals surface area contributed by atoms with E-state index in [4.69, 9.17) is 16.6 Å². The summed E-state index contributed by atoms with van der Waals surface area (Å²) in [4.78, 5) is 15.3. The number of hydrogen-bond donors (Lipinski definition) is 0. The molecule has 4 nitrogen and oxygen atoms in total. The molecule has 0 saturated heterocycles. The van der Waals surface area contributed by atoms with Crippen LogP contribution >= 0.6 is 11.6 Å². The molecule has 0 aliphatic carbocycles. The zero-order valence-electron chi connectivity index (χ0n) is 14.6. The van der Waals surface area contributed by atoms with Crippen molar-refractivity contribution in [3.63, 3.8) is 0 Å². The lowest BCUT2D eigenvalue weighted by atomic mass is 10.2. The van der Waals surface area contributed by atoms with E-state index in [0.29, 0.717) is 16.1 Å². The van der Waals surface area contributed by atoms with Gasteiger partial charge in [-0.2, -0.15) is 0 Å². The van der Waals surface area contributed by atoms with Crippen LogP contribution in [0.15, 0.2) is 65.8 Å². The van der Waals surface area contributed by atoms with Crippen molar-refractivity contribution in [3.8, 4) is 0 Å². The van der Waals surface area contributed by atoms with Crippen LogP contribution in [0.25, 0.3) is 12.3 Å². The molecule has 0 spiro atoms. The molecule has 27 heavy (non-hydrogen) atoms. The Kier molecular flexibility index (Phi) is 4.69. The first-order chi connectivity index (χ1) is 13.1. The van der Waals surface area contributed by atoms with Gasteiger partial charge in [0.1, 0.15) is 12.0 Å². The average Bonchev–Trinajstić information content (AvgIpc) is 2.66. The number of rotatable bonds is 3. The largest absolute Gasteiger partial charge is 0.320 e. The first-order valence-electron chi connectivity index (χ1n) is 8.46. The highest BCUT2D eigenvalue weighted by Gasteiger charge is 2.19. The summed E-state index contributed by atoms with van der Waals surface area (Å²) in [6, 6.07) is 13.9. The van der Waals surface area contributed by atoms with Crippen molar-refractivity contribution in [1.29, 1.82) is 0 Å². The van der Waals surface area contributed by atoms with E-state index in [9.17, 15) is 4.39 Å². The minimum Gasteiger partial charge on any atom is -0.320 e. The van der Waals surface area contributed by atoms with Gasteiger partial charge in [-0.25, -0.2) is 14.4 Å². The fraction of sp³-hybridized carbons (Fsp3) is 0.0952. The zero-order valence-corrected chi connectivity index (χ0v) is 15.3. The molecule has 3 aromatic rings. The van der Waals surface area contributed by atoms with Gasteiger partial charge in [-0.15, -0.1) is 0 Å². The van der Waals surface area contributed by atoms with Gasteiger partial charge in [0, 0.05) is 23.3 Å². The highest BCUT2D eigenvalue weighted by Crippen LogP contribution is 2.28. The number of benzene rings is 2. The number of anilines is 1. The van der Waals surface area contributed by atoms with E-state index in [1.807, 2.05) is 60.5 Å². The Morgan fingerprint density at radius 1 is 1.15 bits per heavy atom. The van der Waals surface area contributed by atoms with Crippen LogP contribution in [0.3, 0.4) is 0 Å². The van der Waals surface area contributed by atoms with Crippen molar-refractivity contribution in [3.05, 3.63) is 93.7 Å². The normalized spacial score (nSPS) is 16.0. The number of hydrogen-bond acceptors (Lipinski definition) is 4. The SMILES string of the molecule is Cc1ccnc(C=CC2N=c3ccc(F)cc3=CN2c2ccccc2Cl)n1. The Balaban J connectivity index is 1.81. The van der Waals surface area contributed by atoms with Gasteiger partial charge >= 0.3 is 0 Å². The molecule has 1 aliphatic heterocycles. The third-order valence-corrected chi connectivity index (χ3v) is 4.51. The first-order valence-corrected chi connectivity index (χ1v) is 8.84. The van der Waals surface area contributed by atoms with E-state index in [-0.39, 0.29) is 12.0 Å². The van der Waals surface area contributed by atoms with Gasteiger partial charge < -0.3 is 4.90 Å². The molecule has 0 saturated carbocycles. The highest BCUT2D eigenvalue weighted by atomic mass is 35.5. The van der Waals surface area contributed by atoms with Gasteiger partial charge in [-0.1, -0.05) is 23.7 Å². The Labute approximate surface area is 161 Å². The second-order valence-corrected chi connectivity index (χ2v) is 6.56. The molecule has 0 N–H and O–H groups in total. The standard InChI is InChI=1S/C21H16ClFN4/c1-14-10-11-24-20(25-14)8-9-21-26-18-7-6-16(23)12-15(18)13-27(21)19-5-3-2-4-17(19)22/h2-13,21H,1H3.